The molecular formula is C22H21N3O4. The van der Waals surface area contributed by atoms with Crippen molar-refractivity contribution in [2.24, 2.45) is 0 Å². The van der Waals surface area contributed by atoms with Crippen LogP contribution >= 0.6 is 0 Å². The van der Waals surface area contributed by atoms with Crippen molar-refractivity contribution in [2.45, 2.75) is 0 Å². The van der Waals surface area contributed by atoms with Gasteiger partial charge in [0.05, 0.1) is 39.4 Å². The molecule has 0 aliphatic heterocycles. The maximum atomic E-state index is 12.2. The molecule has 2 aromatic carbocycles. The molecule has 0 fully saturated rings. The van der Waals surface area contributed by atoms with Crippen molar-refractivity contribution in [1.82, 2.24) is 9.97 Å². The van der Waals surface area contributed by atoms with E-state index in [1.807, 2.05) is 30.3 Å². The molecule has 0 bridgehead atoms. The van der Waals surface area contributed by atoms with Gasteiger partial charge in [-0.25, -0.2) is 9.97 Å². The van der Waals surface area contributed by atoms with Crippen LogP contribution in [-0.2, 0) is 4.79 Å². The molecule has 0 radical (unpaired) electrons. The lowest BCUT2D eigenvalue weighted by Crippen LogP contribution is -2.08. The minimum Gasteiger partial charge on any atom is -0.493 e. The van der Waals surface area contributed by atoms with Crippen LogP contribution < -0.4 is 19.5 Å². The molecule has 7 nitrogen and oxygen atoms in total. The fraction of sp³-hybridized carbons (Fsp3) is 0.136. The standard InChI is InChI=1S/C22H21N3O4/c1-27-18-11-15(12-19(28-2)21(18)29-3)9-10-20(26)25-17-13-23-22(24-14-17)16-7-5-4-6-8-16/h4-14H,1-3H3,(H,25,26)/b10-9+. The van der Waals surface area contributed by atoms with Gasteiger partial charge >= 0.3 is 0 Å². The molecule has 7 heteroatoms. The van der Waals surface area contributed by atoms with Gasteiger partial charge in [-0.3, -0.25) is 4.79 Å². The summed E-state index contributed by atoms with van der Waals surface area (Å²) < 4.78 is 15.9. The van der Waals surface area contributed by atoms with Gasteiger partial charge < -0.3 is 19.5 Å². The van der Waals surface area contributed by atoms with Gasteiger partial charge in [-0.1, -0.05) is 30.3 Å². The minimum absolute atomic E-state index is 0.310. The highest BCUT2D eigenvalue weighted by Crippen LogP contribution is 2.38. The first-order valence-electron chi connectivity index (χ1n) is 8.81. The number of anilines is 1. The normalized spacial score (nSPS) is 10.6. The summed E-state index contributed by atoms with van der Waals surface area (Å²) in [5.41, 5.74) is 2.14. The van der Waals surface area contributed by atoms with Crippen molar-refractivity contribution in [3.63, 3.8) is 0 Å². The van der Waals surface area contributed by atoms with Crippen molar-refractivity contribution in [2.75, 3.05) is 26.6 Å². The highest BCUT2D eigenvalue weighted by atomic mass is 16.5. The Morgan fingerprint density at radius 2 is 1.55 bits per heavy atom. The molecule has 0 atom stereocenters. The van der Waals surface area contributed by atoms with E-state index in [1.54, 1.807) is 30.6 Å². The Bertz CT molecular complexity index is 977. The lowest BCUT2D eigenvalue weighted by atomic mass is 10.1. The summed E-state index contributed by atoms with van der Waals surface area (Å²) in [4.78, 5) is 20.8. The smallest absolute Gasteiger partial charge is 0.248 e. The molecule has 3 rings (SSSR count). The summed E-state index contributed by atoms with van der Waals surface area (Å²) in [5, 5.41) is 2.73. The largest absolute Gasteiger partial charge is 0.493 e. The summed E-state index contributed by atoms with van der Waals surface area (Å²) in [6, 6.07) is 13.1. The maximum absolute atomic E-state index is 12.2. The van der Waals surface area contributed by atoms with E-state index in [0.29, 0.717) is 28.8 Å². The summed E-state index contributed by atoms with van der Waals surface area (Å²) in [7, 11) is 4.61. The predicted molar refractivity (Wildman–Crippen MR) is 111 cm³/mol. The van der Waals surface area contributed by atoms with E-state index in [-0.39, 0.29) is 5.91 Å². The van der Waals surface area contributed by atoms with Gasteiger partial charge in [0.15, 0.2) is 17.3 Å². The SMILES string of the molecule is COc1cc(/C=C/C(=O)Nc2cnc(-c3ccccc3)nc2)cc(OC)c1OC. The molecule has 29 heavy (non-hydrogen) atoms. The van der Waals surface area contributed by atoms with Gasteiger partial charge in [-0.2, -0.15) is 0 Å². The van der Waals surface area contributed by atoms with Crippen LogP contribution in [0.2, 0.25) is 0 Å². The Hall–Kier alpha value is -3.87. The van der Waals surface area contributed by atoms with Crippen molar-refractivity contribution in [1.29, 1.82) is 0 Å². The van der Waals surface area contributed by atoms with Gasteiger partial charge in [0.25, 0.3) is 0 Å². The van der Waals surface area contributed by atoms with Gasteiger partial charge in [0, 0.05) is 11.6 Å². The summed E-state index contributed by atoms with van der Waals surface area (Å²) in [6.45, 7) is 0. The number of aromatic nitrogens is 2. The second-order valence-electron chi connectivity index (χ2n) is 5.94. The lowest BCUT2D eigenvalue weighted by Gasteiger charge is -2.12. The van der Waals surface area contributed by atoms with Gasteiger partial charge in [0.1, 0.15) is 0 Å². The summed E-state index contributed by atoms with van der Waals surface area (Å²) in [6.07, 6.45) is 6.20. The van der Waals surface area contributed by atoms with E-state index in [1.165, 1.54) is 27.4 Å². The van der Waals surface area contributed by atoms with Crippen molar-refractivity contribution >= 4 is 17.7 Å². The number of hydrogen-bond donors (Lipinski definition) is 1. The fourth-order valence-corrected chi connectivity index (χ4v) is 2.68. The monoisotopic (exact) mass is 391 g/mol. The van der Waals surface area contributed by atoms with Gasteiger partial charge in [0.2, 0.25) is 11.7 Å². The molecule has 1 aromatic heterocycles. The van der Waals surface area contributed by atoms with E-state index < -0.39 is 0 Å². The fourth-order valence-electron chi connectivity index (χ4n) is 2.68. The molecule has 0 spiro atoms. The van der Waals surface area contributed by atoms with Crippen LogP contribution in [0.25, 0.3) is 17.5 Å². The van der Waals surface area contributed by atoms with Crippen molar-refractivity contribution in [3.05, 3.63) is 66.5 Å². The number of carbonyl (C=O) groups is 1. The first-order chi connectivity index (χ1) is 14.1. The van der Waals surface area contributed by atoms with E-state index in [9.17, 15) is 4.79 Å². The Morgan fingerprint density at radius 3 is 2.10 bits per heavy atom. The maximum Gasteiger partial charge on any atom is 0.248 e. The lowest BCUT2D eigenvalue weighted by molar-refractivity contribution is -0.111. The third-order valence-corrected chi connectivity index (χ3v) is 4.07. The van der Waals surface area contributed by atoms with Crippen LogP contribution in [-0.4, -0.2) is 37.2 Å². The Labute approximate surface area is 169 Å². The molecule has 148 valence electrons. The molecule has 0 saturated carbocycles. The number of carbonyl (C=O) groups excluding carboxylic acids is 1. The van der Waals surface area contributed by atoms with Crippen molar-refractivity contribution in [3.8, 4) is 28.6 Å². The minimum atomic E-state index is -0.310. The van der Waals surface area contributed by atoms with Crippen molar-refractivity contribution < 1.29 is 19.0 Å². The van der Waals surface area contributed by atoms with Gasteiger partial charge in [-0.05, 0) is 23.8 Å². The molecule has 0 aliphatic rings. The molecule has 0 unspecified atom stereocenters. The number of ether oxygens (including phenoxy) is 3. The Kier molecular flexibility index (Phi) is 6.42. The van der Waals surface area contributed by atoms with E-state index >= 15 is 0 Å². The molecule has 3 aromatic rings. The zero-order valence-electron chi connectivity index (χ0n) is 16.4. The summed E-state index contributed by atoms with van der Waals surface area (Å²) >= 11 is 0. The molecule has 1 N–H and O–H groups in total. The zero-order valence-corrected chi connectivity index (χ0v) is 16.4. The van der Waals surface area contributed by atoms with Crippen LogP contribution in [0.1, 0.15) is 5.56 Å². The average Bonchev–Trinajstić information content (AvgIpc) is 2.78. The van der Waals surface area contributed by atoms with Crippen LogP contribution in [0, 0.1) is 0 Å². The first-order valence-corrected chi connectivity index (χ1v) is 8.81. The second-order valence-corrected chi connectivity index (χ2v) is 5.94. The number of amides is 1. The number of benzene rings is 2. The summed E-state index contributed by atoms with van der Waals surface area (Å²) in [5.74, 6) is 1.80. The Balaban J connectivity index is 1.70. The van der Waals surface area contributed by atoms with Gasteiger partial charge in [-0.15, -0.1) is 0 Å². The predicted octanol–water partition coefficient (Wildman–Crippen LogP) is 3.82. The van der Waals surface area contributed by atoms with E-state index in [0.717, 1.165) is 11.1 Å². The third-order valence-electron chi connectivity index (χ3n) is 4.07. The van der Waals surface area contributed by atoms with Crippen LogP contribution in [0.5, 0.6) is 17.2 Å². The third kappa shape index (κ3) is 4.90. The number of methoxy groups -OCH3 is 3. The van der Waals surface area contributed by atoms with Crippen LogP contribution in [0.3, 0.4) is 0 Å². The number of hydrogen-bond acceptors (Lipinski definition) is 6. The molecule has 0 saturated heterocycles. The number of rotatable bonds is 7. The quantitative estimate of drug-likeness (QED) is 0.617. The topological polar surface area (TPSA) is 82.6 Å². The number of nitrogens with one attached hydrogen (secondary N) is 1. The van der Waals surface area contributed by atoms with E-state index in [4.69, 9.17) is 14.2 Å². The van der Waals surface area contributed by atoms with Crippen LogP contribution in [0.15, 0.2) is 60.9 Å². The average molecular weight is 391 g/mol. The highest BCUT2D eigenvalue weighted by Gasteiger charge is 2.12. The first kappa shape index (κ1) is 19.9. The Morgan fingerprint density at radius 1 is 0.931 bits per heavy atom. The van der Waals surface area contributed by atoms with Crippen LogP contribution in [0.4, 0.5) is 5.69 Å². The zero-order chi connectivity index (χ0) is 20.6. The molecule has 0 aliphatic carbocycles. The highest BCUT2D eigenvalue weighted by molar-refractivity contribution is 6.01. The van der Waals surface area contributed by atoms with E-state index in [2.05, 4.69) is 15.3 Å². The number of nitrogens with zero attached hydrogens (tertiary/aromatic N) is 2. The molecule has 1 heterocycles. The molecule has 1 amide bonds. The second kappa shape index (κ2) is 9.36. The molecular weight excluding hydrogens is 370 g/mol.